The second kappa shape index (κ2) is 7.27. The number of amides is 1. The summed E-state index contributed by atoms with van der Waals surface area (Å²) in [5, 5.41) is 3.00. The molecule has 0 aliphatic heterocycles. The average Bonchev–Trinajstić information content (AvgIpc) is 2.82. The van der Waals surface area contributed by atoms with Gasteiger partial charge in [-0.05, 0) is 56.0 Å². The van der Waals surface area contributed by atoms with E-state index in [1.807, 2.05) is 25.1 Å². The first-order valence-electron chi connectivity index (χ1n) is 6.39. The summed E-state index contributed by atoms with van der Waals surface area (Å²) in [6, 6.07) is 5.86. The smallest absolute Gasteiger partial charge is 0.227 e. The van der Waals surface area contributed by atoms with E-state index in [0.717, 1.165) is 35.0 Å². The number of nitrogens with one attached hydrogen (secondary N) is 1. The van der Waals surface area contributed by atoms with Crippen LogP contribution in [0.15, 0.2) is 22.7 Å². The summed E-state index contributed by atoms with van der Waals surface area (Å²) in [7, 11) is 0. The second-order valence-corrected chi connectivity index (χ2v) is 5.84. The largest absolute Gasteiger partial charge is 0.330 e. The normalized spacial score (nSPS) is 21.8. The van der Waals surface area contributed by atoms with E-state index in [-0.39, 0.29) is 24.2 Å². The average molecular weight is 348 g/mol. The van der Waals surface area contributed by atoms with Gasteiger partial charge in [-0.1, -0.05) is 22.4 Å². The fraction of sp³-hybridized carbons (Fsp3) is 0.500. The Hall–Kier alpha value is -0.580. The molecule has 19 heavy (non-hydrogen) atoms. The second-order valence-electron chi connectivity index (χ2n) is 4.99. The van der Waals surface area contributed by atoms with E-state index >= 15 is 0 Å². The lowest BCUT2D eigenvalue weighted by Crippen LogP contribution is -2.29. The molecule has 2 rings (SSSR count). The van der Waals surface area contributed by atoms with E-state index in [4.69, 9.17) is 5.73 Å². The molecule has 0 saturated heterocycles. The van der Waals surface area contributed by atoms with Crippen molar-refractivity contribution < 1.29 is 4.79 Å². The van der Waals surface area contributed by atoms with Crippen LogP contribution in [0.3, 0.4) is 0 Å². The number of anilines is 1. The van der Waals surface area contributed by atoms with Crippen LogP contribution in [0.2, 0.25) is 0 Å². The third kappa shape index (κ3) is 3.94. The van der Waals surface area contributed by atoms with Crippen molar-refractivity contribution in [3.8, 4) is 0 Å². The number of halogens is 2. The molecule has 3 nitrogen and oxygen atoms in total. The Bertz CT molecular complexity index is 453. The lowest BCUT2D eigenvalue weighted by molar-refractivity contribution is -0.120. The fourth-order valence-corrected chi connectivity index (χ4v) is 2.87. The molecule has 1 amide bonds. The van der Waals surface area contributed by atoms with Gasteiger partial charge in [0, 0.05) is 16.1 Å². The summed E-state index contributed by atoms with van der Waals surface area (Å²) < 4.78 is 1.06. The summed E-state index contributed by atoms with van der Waals surface area (Å²) in [5.41, 5.74) is 7.70. The van der Waals surface area contributed by atoms with Crippen molar-refractivity contribution in [1.82, 2.24) is 0 Å². The van der Waals surface area contributed by atoms with Crippen LogP contribution in [0.4, 0.5) is 5.69 Å². The molecule has 1 fully saturated rings. The van der Waals surface area contributed by atoms with E-state index < -0.39 is 0 Å². The summed E-state index contributed by atoms with van der Waals surface area (Å²) in [5.74, 6) is 0.546. The number of hydrogen-bond acceptors (Lipinski definition) is 2. The molecule has 0 unspecified atom stereocenters. The highest BCUT2D eigenvalue weighted by Gasteiger charge is 2.31. The minimum Gasteiger partial charge on any atom is -0.330 e. The van der Waals surface area contributed by atoms with Gasteiger partial charge < -0.3 is 11.1 Å². The van der Waals surface area contributed by atoms with Gasteiger partial charge in [0.05, 0.1) is 0 Å². The van der Waals surface area contributed by atoms with Crippen LogP contribution in [0.5, 0.6) is 0 Å². The molecule has 1 saturated carbocycles. The van der Waals surface area contributed by atoms with Gasteiger partial charge in [0.1, 0.15) is 0 Å². The molecule has 1 aromatic carbocycles. The zero-order chi connectivity index (χ0) is 13.1. The van der Waals surface area contributed by atoms with Crippen molar-refractivity contribution >= 4 is 39.9 Å². The van der Waals surface area contributed by atoms with Crippen LogP contribution in [0, 0.1) is 18.8 Å². The molecule has 1 aromatic rings. The molecule has 0 aromatic heterocycles. The molecule has 5 heteroatoms. The number of benzene rings is 1. The Morgan fingerprint density at radius 3 is 2.84 bits per heavy atom. The van der Waals surface area contributed by atoms with Crippen molar-refractivity contribution in [2.75, 3.05) is 11.9 Å². The van der Waals surface area contributed by atoms with E-state index in [2.05, 4.69) is 21.2 Å². The van der Waals surface area contributed by atoms with Crippen molar-refractivity contribution in [1.29, 1.82) is 0 Å². The van der Waals surface area contributed by atoms with Crippen LogP contribution in [0.1, 0.15) is 24.8 Å². The van der Waals surface area contributed by atoms with Gasteiger partial charge in [0.2, 0.25) is 5.91 Å². The molecule has 0 radical (unpaired) electrons. The van der Waals surface area contributed by atoms with Crippen LogP contribution in [0.25, 0.3) is 0 Å². The van der Waals surface area contributed by atoms with E-state index in [9.17, 15) is 4.79 Å². The van der Waals surface area contributed by atoms with Crippen LogP contribution in [-0.2, 0) is 4.79 Å². The molecule has 0 spiro atoms. The molecule has 1 aliphatic rings. The van der Waals surface area contributed by atoms with E-state index in [1.165, 1.54) is 0 Å². The van der Waals surface area contributed by atoms with Gasteiger partial charge in [-0.2, -0.15) is 0 Å². The number of carbonyl (C=O) groups excluding carboxylic acids is 1. The van der Waals surface area contributed by atoms with Gasteiger partial charge in [-0.3, -0.25) is 4.79 Å². The predicted octanol–water partition coefficient (Wildman–Crippen LogP) is 3.49. The summed E-state index contributed by atoms with van der Waals surface area (Å²) in [4.78, 5) is 12.2. The highest BCUT2D eigenvalue weighted by molar-refractivity contribution is 9.10. The SMILES string of the molecule is Cc1cc(NC(=O)[C@@H]2CCC[C@@H]2CN)ccc1Br.Cl. The molecular weight excluding hydrogens is 328 g/mol. The minimum atomic E-state index is 0. The molecule has 3 N–H and O–H groups in total. The lowest BCUT2D eigenvalue weighted by atomic mass is 9.95. The first-order valence-corrected chi connectivity index (χ1v) is 7.18. The maximum Gasteiger partial charge on any atom is 0.227 e. The summed E-state index contributed by atoms with van der Waals surface area (Å²) in [6.07, 6.45) is 3.15. The van der Waals surface area contributed by atoms with Gasteiger partial charge in [0.15, 0.2) is 0 Å². The standard InChI is InChI=1S/C14H19BrN2O.ClH/c1-9-7-11(5-6-13(9)15)17-14(18)12-4-2-3-10(12)8-16;/h5-7,10,12H,2-4,8,16H2,1H3,(H,17,18);1H/t10-,12-;/m1./s1. The molecule has 0 heterocycles. The first-order chi connectivity index (χ1) is 8.61. The Morgan fingerprint density at radius 2 is 2.21 bits per heavy atom. The third-order valence-corrected chi connectivity index (χ3v) is 4.61. The molecule has 0 bridgehead atoms. The quantitative estimate of drug-likeness (QED) is 0.879. The topological polar surface area (TPSA) is 55.1 Å². The van der Waals surface area contributed by atoms with Crippen LogP contribution >= 0.6 is 28.3 Å². The highest BCUT2D eigenvalue weighted by Crippen LogP contribution is 2.32. The zero-order valence-electron chi connectivity index (χ0n) is 11.0. The lowest BCUT2D eigenvalue weighted by Gasteiger charge is -2.17. The van der Waals surface area contributed by atoms with Gasteiger partial charge in [0.25, 0.3) is 0 Å². The maximum absolute atomic E-state index is 12.2. The van der Waals surface area contributed by atoms with Crippen molar-refractivity contribution in [2.45, 2.75) is 26.2 Å². The fourth-order valence-electron chi connectivity index (χ4n) is 2.62. The summed E-state index contributed by atoms with van der Waals surface area (Å²) in [6.45, 7) is 2.62. The number of carbonyl (C=O) groups is 1. The van der Waals surface area contributed by atoms with Gasteiger partial charge >= 0.3 is 0 Å². The minimum absolute atomic E-state index is 0. The maximum atomic E-state index is 12.2. The van der Waals surface area contributed by atoms with Crippen molar-refractivity contribution in [3.05, 3.63) is 28.2 Å². The molecule has 1 aliphatic carbocycles. The van der Waals surface area contributed by atoms with Gasteiger partial charge in [-0.25, -0.2) is 0 Å². The van der Waals surface area contributed by atoms with Crippen LogP contribution in [-0.4, -0.2) is 12.5 Å². The summed E-state index contributed by atoms with van der Waals surface area (Å²) >= 11 is 3.45. The zero-order valence-corrected chi connectivity index (χ0v) is 13.4. The molecule has 2 atom stereocenters. The van der Waals surface area contributed by atoms with Crippen molar-refractivity contribution in [3.63, 3.8) is 0 Å². The Balaban J connectivity index is 0.00000180. The van der Waals surface area contributed by atoms with Crippen molar-refractivity contribution in [2.24, 2.45) is 17.6 Å². The Kier molecular flexibility index (Phi) is 6.30. The van der Waals surface area contributed by atoms with Crippen LogP contribution < -0.4 is 11.1 Å². The monoisotopic (exact) mass is 346 g/mol. The van der Waals surface area contributed by atoms with E-state index in [1.54, 1.807) is 0 Å². The number of hydrogen-bond donors (Lipinski definition) is 2. The Labute approximate surface area is 128 Å². The molecule has 106 valence electrons. The number of nitrogens with two attached hydrogens (primary N) is 1. The first kappa shape index (κ1) is 16.5. The molecular formula is C14H20BrClN2O. The Morgan fingerprint density at radius 1 is 1.47 bits per heavy atom. The third-order valence-electron chi connectivity index (χ3n) is 3.72. The highest BCUT2D eigenvalue weighted by atomic mass is 79.9. The van der Waals surface area contributed by atoms with E-state index in [0.29, 0.717) is 12.5 Å². The van der Waals surface area contributed by atoms with Gasteiger partial charge in [-0.15, -0.1) is 12.4 Å². The predicted molar refractivity (Wildman–Crippen MR) is 84.6 cm³/mol. The number of rotatable bonds is 3. The number of aryl methyl sites for hydroxylation is 1.